The molecular weight excluding hydrogens is 398 g/mol. The molecule has 2 heterocycles. The summed E-state index contributed by atoms with van der Waals surface area (Å²) < 4.78 is 4.83. The third-order valence-electron chi connectivity index (χ3n) is 6.53. The van der Waals surface area contributed by atoms with Crippen molar-refractivity contribution < 1.29 is 23.9 Å². The lowest BCUT2D eigenvalue weighted by Gasteiger charge is -2.32. The molecule has 31 heavy (non-hydrogen) atoms. The van der Waals surface area contributed by atoms with Crippen LogP contribution in [-0.2, 0) is 9.53 Å². The van der Waals surface area contributed by atoms with Gasteiger partial charge in [-0.15, -0.1) is 0 Å². The molecule has 4 amide bonds. The van der Waals surface area contributed by atoms with E-state index in [-0.39, 0.29) is 42.3 Å². The van der Waals surface area contributed by atoms with Gasteiger partial charge in [0, 0.05) is 37.8 Å². The van der Waals surface area contributed by atoms with Crippen LogP contribution in [0.25, 0.3) is 0 Å². The normalized spacial score (nSPS) is 20.2. The van der Waals surface area contributed by atoms with Gasteiger partial charge in [-0.25, -0.2) is 0 Å². The zero-order valence-electron chi connectivity index (χ0n) is 17.9. The highest BCUT2D eigenvalue weighted by Gasteiger charge is 2.40. The fourth-order valence-electron chi connectivity index (χ4n) is 4.87. The van der Waals surface area contributed by atoms with E-state index in [0.29, 0.717) is 42.6 Å². The number of methoxy groups -OCH3 is 1. The number of fused-ring (bicyclic) bond motifs is 1. The van der Waals surface area contributed by atoms with Crippen LogP contribution in [0.4, 0.5) is 0 Å². The van der Waals surface area contributed by atoms with E-state index in [4.69, 9.17) is 4.74 Å². The smallest absolute Gasteiger partial charge is 0.261 e. The molecule has 4 rings (SSSR count). The number of ether oxygens (including phenoxy) is 1. The first kappa shape index (κ1) is 21.5. The zero-order chi connectivity index (χ0) is 22.0. The first-order valence-corrected chi connectivity index (χ1v) is 11.1. The maximum absolute atomic E-state index is 13.0. The molecule has 1 saturated carbocycles. The fraction of sp³-hybridized carbons (Fsp3) is 0.565. The highest BCUT2D eigenvalue weighted by Crippen LogP contribution is 2.31. The van der Waals surface area contributed by atoms with Gasteiger partial charge in [0.2, 0.25) is 5.91 Å². The molecule has 0 bridgehead atoms. The second-order valence-corrected chi connectivity index (χ2v) is 8.60. The number of nitrogens with zero attached hydrogens (tertiary/aromatic N) is 2. The Morgan fingerprint density at radius 3 is 2.35 bits per heavy atom. The van der Waals surface area contributed by atoms with Crippen LogP contribution in [-0.4, -0.2) is 72.3 Å². The van der Waals surface area contributed by atoms with Crippen molar-refractivity contribution in [3.05, 3.63) is 34.9 Å². The summed E-state index contributed by atoms with van der Waals surface area (Å²) in [5, 5.41) is 2.91. The fourth-order valence-corrected chi connectivity index (χ4v) is 4.87. The number of nitrogens with one attached hydrogen (secondary N) is 1. The van der Waals surface area contributed by atoms with E-state index in [1.165, 1.54) is 12.0 Å². The summed E-state index contributed by atoms with van der Waals surface area (Å²) in [6.45, 7) is 1.07. The summed E-state index contributed by atoms with van der Waals surface area (Å²) in [6, 6.07) is 4.82. The number of rotatable bonds is 5. The lowest BCUT2D eigenvalue weighted by Crippen LogP contribution is -2.47. The minimum atomic E-state index is -0.277. The molecule has 8 heteroatoms. The van der Waals surface area contributed by atoms with Crippen LogP contribution in [0.3, 0.4) is 0 Å². The molecule has 166 valence electrons. The number of carbonyl (C=O) groups excluding carboxylic acids is 4. The molecule has 2 aliphatic heterocycles. The van der Waals surface area contributed by atoms with Crippen LogP contribution in [0.5, 0.6) is 0 Å². The van der Waals surface area contributed by atoms with Gasteiger partial charge in [-0.2, -0.15) is 0 Å². The van der Waals surface area contributed by atoms with Crippen molar-refractivity contribution in [2.45, 2.75) is 57.0 Å². The third-order valence-corrected chi connectivity index (χ3v) is 6.53. The minimum Gasteiger partial charge on any atom is -0.375 e. The molecule has 0 spiro atoms. The Hall–Kier alpha value is -2.74. The topological polar surface area (TPSA) is 96.0 Å². The van der Waals surface area contributed by atoms with Gasteiger partial charge in [0.1, 0.15) is 6.61 Å². The van der Waals surface area contributed by atoms with E-state index < -0.39 is 0 Å². The van der Waals surface area contributed by atoms with Gasteiger partial charge >= 0.3 is 0 Å². The summed E-state index contributed by atoms with van der Waals surface area (Å²) in [5.74, 6) is -0.822. The summed E-state index contributed by atoms with van der Waals surface area (Å²) in [7, 11) is 1.48. The molecule has 0 atom stereocenters. The van der Waals surface area contributed by atoms with E-state index in [1.807, 2.05) is 0 Å². The number of amides is 4. The highest BCUT2D eigenvalue weighted by atomic mass is 16.5. The van der Waals surface area contributed by atoms with E-state index in [1.54, 1.807) is 23.1 Å². The monoisotopic (exact) mass is 427 g/mol. The quantitative estimate of drug-likeness (QED) is 0.725. The number of hydrogen-bond donors (Lipinski definition) is 1. The van der Waals surface area contributed by atoms with Crippen LogP contribution in [0.15, 0.2) is 18.2 Å². The molecule has 0 unspecified atom stereocenters. The Bertz CT molecular complexity index is 885. The van der Waals surface area contributed by atoms with Crippen LogP contribution in [0.2, 0.25) is 0 Å². The summed E-state index contributed by atoms with van der Waals surface area (Å²) >= 11 is 0. The van der Waals surface area contributed by atoms with Gasteiger partial charge in [0.25, 0.3) is 17.7 Å². The third kappa shape index (κ3) is 4.35. The molecule has 0 aromatic heterocycles. The van der Waals surface area contributed by atoms with Crippen LogP contribution in [0.1, 0.15) is 76.0 Å². The lowest BCUT2D eigenvalue weighted by molar-refractivity contribution is -0.125. The van der Waals surface area contributed by atoms with Crippen molar-refractivity contribution in [3.8, 4) is 0 Å². The maximum Gasteiger partial charge on any atom is 0.261 e. The molecule has 0 radical (unpaired) electrons. The zero-order valence-corrected chi connectivity index (χ0v) is 17.9. The number of carbonyl (C=O) groups is 4. The molecule has 1 aromatic carbocycles. The number of imide groups is 1. The SMILES string of the molecule is COCC(=O)NC1CCN(C(=O)c2ccc3c(c2)C(=O)N(C2CCCCC2)C3=O)CC1. The summed E-state index contributed by atoms with van der Waals surface area (Å²) in [5.41, 5.74) is 1.15. The van der Waals surface area contributed by atoms with Crippen molar-refractivity contribution in [3.63, 3.8) is 0 Å². The van der Waals surface area contributed by atoms with E-state index in [9.17, 15) is 19.2 Å². The first-order chi connectivity index (χ1) is 15.0. The van der Waals surface area contributed by atoms with Crippen molar-refractivity contribution in [2.75, 3.05) is 26.8 Å². The van der Waals surface area contributed by atoms with E-state index in [0.717, 1.165) is 32.1 Å². The summed E-state index contributed by atoms with van der Waals surface area (Å²) in [4.78, 5) is 53.6. The average Bonchev–Trinajstić information content (AvgIpc) is 3.04. The summed E-state index contributed by atoms with van der Waals surface area (Å²) in [6.07, 6.45) is 6.25. The molecule has 1 saturated heterocycles. The lowest BCUT2D eigenvalue weighted by atomic mass is 9.94. The number of benzene rings is 1. The minimum absolute atomic E-state index is 0.0231. The van der Waals surface area contributed by atoms with Gasteiger partial charge in [-0.3, -0.25) is 24.1 Å². The van der Waals surface area contributed by atoms with Gasteiger partial charge in [0.05, 0.1) is 11.1 Å². The predicted molar refractivity (Wildman–Crippen MR) is 113 cm³/mol. The van der Waals surface area contributed by atoms with E-state index >= 15 is 0 Å². The molecule has 1 aliphatic carbocycles. The van der Waals surface area contributed by atoms with Crippen LogP contribution in [0, 0.1) is 0 Å². The molecule has 1 aromatic rings. The van der Waals surface area contributed by atoms with Gasteiger partial charge < -0.3 is 15.0 Å². The number of piperidine rings is 1. The first-order valence-electron chi connectivity index (χ1n) is 11.1. The van der Waals surface area contributed by atoms with Crippen molar-refractivity contribution in [2.24, 2.45) is 0 Å². The van der Waals surface area contributed by atoms with E-state index in [2.05, 4.69) is 5.32 Å². The second-order valence-electron chi connectivity index (χ2n) is 8.60. The molecule has 2 fully saturated rings. The number of hydrogen-bond acceptors (Lipinski definition) is 5. The van der Waals surface area contributed by atoms with Gasteiger partial charge in [0.15, 0.2) is 0 Å². The Kier molecular flexibility index (Phi) is 6.36. The van der Waals surface area contributed by atoms with Crippen molar-refractivity contribution in [1.29, 1.82) is 0 Å². The molecule has 3 aliphatic rings. The Balaban J connectivity index is 1.42. The molecule has 8 nitrogen and oxygen atoms in total. The predicted octanol–water partition coefficient (Wildman–Crippen LogP) is 1.98. The molecule has 1 N–H and O–H groups in total. The van der Waals surface area contributed by atoms with Crippen LogP contribution < -0.4 is 5.32 Å². The standard InChI is InChI=1S/C23H29N3O5/c1-31-14-20(27)24-16-9-11-25(12-10-16)21(28)15-7-8-18-19(13-15)23(30)26(22(18)29)17-5-3-2-4-6-17/h7-8,13,16-17H,2-6,9-12,14H2,1H3,(H,24,27). The molecular formula is C23H29N3O5. The Labute approximate surface area is 181 Å². The Morgan fingerprint density at radius 2 is 1.68 bits per heavy atom. The highest BCUT2D eigenvalue weighted by molar-refractivity contribution is 6.22. The van der Waals surface area contributed by atoms with Gasteiger partial charge in [-0.05, 0) is 43.9 Å². The Morgan fingerprint density at radius 1 is 1.00 bits per heavy atom. The van der Waals surface area contributed by atoms with Crippen molar-refractivity contribution in [1.82, 2.24) is 15.1 Å². The number of likely N-dealkylation sites (tertiary alicyclic amines) is 1. The largest absolute Gasteiger partial charge is 0.375 e. The van der Waals surface area contributed by atoms with Gasteiger partial charge in [-0.1, -0.05) is 19.3 Å². The van der Waals surface area contributed by atoms with Crippen LogP contribution >= 0.6 is 0 Å². The second kappa shape index (κ2) is 9.18. The average molecular weight is 428 g/mol. The maximum atomic E-state index is 13.0. The van der Waals surface area contributed by atoms with Crippen molar-refractivity contribution >= 4 is 23.6 Å².